The SMILES string of the molecule is COc1cc([C@H](CF)N2CCNCC2)cc([N+](=O)[O-])c1O. The van der Waals surface area contributed by atoms with Crippen LogP contribution in [-0.4, -0.2) is 54.9 Å². The second kappa shape index (κ2) is 6.68. The number of phenols is 1. The van der Waals surface area contributed by atoms with Gasteiger partial charge in [-0.1, -0.05) is 0 Å². The molecule has 1 aliphatic heterocycles. The van der Waals surface area contributed by atoms with E-state index in [1.807, 2.05) is 4.90 Å². The van der Waals surface area contributed by atoms with Gasteiger partial charge >= 0.3 is 5.69 Å². The van der Waals surface area contributed by atoms with Crippen LogP contribution in [0.5, 0.6) is 11.5 Å². The van der Waals surface area contributed by atoms with Crippen LogP contribution in [0.25, 0.3) is 0 Å². The van der Waals surface area contributed by atoms with Gasteiger partial charge in [-0.05, 0) is 11.6 Å². The molecule has 0 saturated carbocycles. The number of alkyl halides is 1. The first-order chi connectivity index (χ1) is 10.1. The number of phenolic OH excluding ortho intramolecular Hbond substituents is 1. The number of hydrogen-bond donors (Lipinski definition) is 2. The van der Waals surface area contributed by atoms with Gasteiger partial charge in [0, 0.05) is 32.2 Å². The zero-order valence-corrected chi connectivity index (χ0v) is 11.7. The molecule has 0 spiro atoms. The molecule has 1 heterocycles. The monoisotopic (exact) mass is 299 g/mol. The van der Waals surface area contributed by atoms with E-state index < -0.39 is 29.1 Å². The smallest absolute Gasteiger partial charge is 0.314 e. The highest BCUT2D eigenvalue weighted by atomic mass is 19.1. The molecule has 0 amide bonds. The predicted octanol–water partition coefficient (Wildman–Crippen LogP) is 1.22. The zero-order valence-electron chi connectivity index (χ0n) is 11.7. The van der Waals surface area contributed by atoms with Crippen molar-refractivity contribution in [2.45, 2.75) is 6.04 Å². The first-order valence-electron chi connectivity index (χ1n) is 6.64. The number of nitro groups is 1. The minimum absolute atomic E-state index is 0.0206. The molecule has 1 aromatic carbocycles. The molecule has 0 bridgehead atoms. The summed E-state index contributed by atoms with van der Waals surface area (Å²) in [4.78, 5) is 12.2. The first-order valence-corrected chi connectivity index (χ1v) is 6.64. The summed E-state index contributed by atoms with van der Waals surface area (Å²) in [5, 5.41) is 23.9. The third-order valence-electron chi connectivity index (χ3n) is 3.62. The lowest BCUT2D eigenvalue weighted by atomic mass is 10.0. The summed E-state index contributed by atoms with van der Waals surface area (Å²) in [6, 6.07) is 2.08. The van der Waals surface area contributed by atoms with Crippen LogP contribution < -0.4 is 10.1 Å². The van der Waals surface area contributed by atoms with Gasteiger partial charge in [-0.3, -0.25) is 15.0 Å². The maximum absolute atomic E-state index is 13.5. The van der Waals surface area contributed by atoms with Crippen LogP contribution >= 0.6 is 0 Å². The average Bonchev–Trinajstić information content (AvgIpc) is 2.50. The number of methoxy groups -OCH3 is 1. The van der Waals surface area contributed by atoms with Gasteiger partial charge in [-0.2, -0.15) is 0 Å². The van der Waals surface area contributed by atoms with Crippen LogP contribution in [0.1, 0.15) is 11.6 Å². The number of ether oxygens (including phenoxy) is 1. The van der Waals surface area contributed by atoms with Crippen LogP contribution in [0.2, 0.25) is 0 Å². The Bertz CT molecular complexity index is 520. The number of nitro benzene ring substituents is 1. The second-order valence-corrected chi connectivity index (χ2v) is 4.80. The normalized spacial score (nSPS) is 17.4. The third kappa shape index (κ3) is 3.22. The highest BCUT2D eigenvalue weighted by Crippen LogP contribution is 2.39. The average molecular weight is 299 g/mol. The Morgan fingerprint density at radius 2 is 2.19 bits per heavy atom. The molecule has 1 atom stereocenters. The Hall–Kier alpha value is -1.93. The van der Waals surface area contributed by atoms with Crippen molar-refractivity contribution in [3.05, 3.63) is 27.8 Å². The van der Waals surface area contributed by atoms with Crippen LogP contribution in [0, 0.1) is 10.1 Å². The maximum atomic E-state index is 13.5. The molecule has 0 radical (unpaired) electrons. The molecule has 1 aromatic rings. The molecule has 1 aliphatic rings. The molecular formula is C13H18FN3O4. The van der Waals surface area contributed by atoms with Crippen molar-refractivity contribution in [2.75, 3.05) is 40.0 Å². The Kier molecular flexibility index (Phi) is 4.92. The topological polar surface area (TPSA) is 87.9 Å². The van der Waals surface area contributed by atoms with Crippen LogP contribution in [0.4, 0.5) is 10.1 Å². The number of benzene rings is 1. The van der Waals surface area contributed by atoms with E-state index in [9.17, 15) is 19.6 Å². The molecule has 1 fully saturated rings. The Morgan fingerprint density at radius 1 is 1.52 bits per heavy atom. The van der Waals surface area contributed by atoms with Crippen LogP contribution in [-0.2, 0) is 0 Å². The zero-order chi connectivity index (χ0) is 15.4. The van der Waals surface area contributed by atoms with Crippen molar-refractivity contribution >= 4 is 5.69 Å². The standard InChI is InChI=1S/C13H18FN3O4/c1-21-12-7-9(6-10(13(12)18)17(19)20)11(8-14)16-4-2-15-3-5-16/h6-7,11,15,18H,2-5,8H2,1H3/t11-/m0/s1. The van der Waals surface area contributed by atoms with Crippen LogP contribution in [0.15, 0.2) is 12.1 Å². The lowest BCUT2D eigenvalue weighted by Gasteiger charge is -2.33. The van der Waals surface area contributed by atoms with E-state index in [2.05, 4.69) is 5.32 Å². The van der Waals surface area contributed by atoms with Crippen molar-refractivity contribution in [1.29, 1.82) is 0 Å². The highest BCUT2D eigenvalue weighted by Gasteiger charge is 2.27. The minimum atomic E-state index is -0.700. The van der Waals surface area contributed by atoms with Crippen molar-refractivity contribution in [1.82, 2.24) is 10.2 Å². The largest absolute Gasteiger partial charge is 0.500 e. The predicted molar refractivity (Wildman–Crippen MR) is 74.5 cm³/mol. The summed E-state index contributed by atoms with van der Waals surface area (Å²) >= 11 is 0. The molecule has 0 aliphatic carbocycles. The fourth-order valence-corrected chi connectivity index (χ4v) is 2.49. The van der Waals surface area contributed by atoms with Gasteiger partial charge < -0.3 is 15.2 Å². The minimum Gasteiger partial charge on any atom is -0.500 e. The summed E-state index contributed by atoms with van der Waals surface area (Å²) in [5.41, 5.74) is -0.0429. The molecule has 1 saturated heterocycles. The molecule has 8 heteroatoms. The quantitative estimate of drug-likeness (QED) is 0.628. The summed E-state index contributed by atoms with van der Waals surface area (Å²) in [6.45, 7) is 2.14. The highest BCUT2D eigenvalue weighted by molar-refractivity contribution is 5.57. The number of rotatable bonds is 5. The fourth-order valence-electron chi connectivity index (χ4n) is 2.49. The number of aromatic hydroxyl groups is 1. The van der Waals surface area contributed by atoms with E-state index >= 15 is 0 Å². The van der Waals surface area contributed by atoms with Crippen LogP contribution in [0.3, 0.4) is 0 Å². The summed E-state index contributed by atoms with van der Waals surface area (Å²) < 4.78 is 18.4. The summed E-state index contributed by atoms with van der Waals surface area (Å²) in [7, 11) is 1.30. The molecule has 0 unspecified atom stereocenters. The second-order valence-electron chi connectivity index (χ2n) is 4.80. The molecule has 0 aromatic heterocycles. The van der Waals surface area contributed by atoms with Gasteiger partial charge in [-0.25, -0.2) is 4.39 Å². The molecule has 7 nitrogen and oxygen atoms in total. The van der Waals surface area contributed by atoms with Crippen molar-refractivity contribution in [3.8, 4) is 11.5 Å². The van der Waals surface area contributed by atoms with Gasteiger partial charge in [0.15, 0.2) is 5.75 Å². The van der Waals surface area contributed by atoms with Crippen molar-refractivity contribution in [3.63, 3.8) is 0 Å². The summed E-state index contributed by atoms with van der Waals surface area (Å²) in [6.07, 6.45) is 0. The van der Waals surface area contributed by atoms with E-state index in [4.69, 9.17) is 4.74 Å². The number of nitrogens with zero attached hydrogens (tertiary/aromatic N) is 2. The van der Waals surface area contributed by atoms with Gasteiger partial charge in [-0.15, -0.1) is 0 Å². The number of nitrogens with one attached hydrogen (secondary N) is 1. The van der Waals surface area contributed by atoms with Gasteiger partial charge in [0.1, 0.15) is 6.67 Å². The Labute approximate surface area is 121 Å². The first kappa shape index (κ1) is 15.5. The van der Waals surface area contributed by atoms with E-state index in [1.54, 1.807) is 0 Å². The van der Waals surface area contributed by atoms with E-state index in [0.717, 1.165) is 13.1 Å². The molecule has 2 rings (SSSR count). The van der Waals surface area contributed by atoms with Gasteiger partial charge in [0.2, 0.25) is 5.75 Å². The lowest BCUT2D eigenvalue weighted by Crippen LogP contribution is -2.45. The van der Waals surface area contributed by atoms with Crippen molar-refractivity contribution in [2.24, 2.45) is 0 Å². The molecule has 2 N–H and O–H groups in total. The lowest BCUT2D eigenvalue weighted by molar-refractivity contribution is -0.386. The molecule has 21 heavy (non-hydrogen) atoms. The Morgan fingerprint density at radius 3 is 2.71 bits per heavy atom. The number of piperazine rings is 1. The molecular weight excluding hydrogens is 281 g/mol. The summed E-state index contributed by atoms with van der Waals surface area (Å²) in [5.74, 6) is -0.558. The van der Waals surface area contributed by atoms with E-state index in [1.165, 1.54) is 19.2 Å². The fraction of sp³-hybridized carbons (Fsp3) is 0.538. The molecule has 116 valence electrons. The van der Waals surface area contributed by atoms with E-state index in [0.29, 0.717) is 18.7 Å². The number of hydrogen-bond acceptors (Lipinski definition) is 6. The van der Waals surface area contributed by atoms with E-state index in [-0.39, 0.29) is 5.75 Å². The van der Waals surface area contributed by atoms with Gasteiger partial charge in [0.05, 0.1) is 18.1 Å². The maximum Gasteiger partial charge on any atom is 0.314 e. The third-order valence-corrected chi connectivity index (χ3v) is 3.62. The Balaban J connectivity index is 2.40. The van der Waals surface area contributed by atoms with Crippen molar-refractivity contribution < 1.29 is 19.2 Å². The number of halogens is 1. The van der Waals surface area contributed by atoms with Gasteiger partial charge in [0.25, 0.3) is 0 Å².